The van der Waals surface area contributed by atoms with Crippen LogP contribution in [0.15, 0.2) is 78.6 Å². The van der Waals surface area contributed by atoms with E-state index in [9.17, 15) is 0 Å². The highest BCUT2D eigenvalue weighted by Crippen LogP contribution is 2.40. The minimum atomic E-state index is -1.50. The van der Waals surface area contributed by atoms with Crippen LogP contribution in [0.1, 0.15) is 12.5 Å². The number of benzene rings is 2. The molecule has 1 aliphatic heterocycles. The van der Waals surface area contributed by atoms with Crippen molar-refractivity contribution in [2.45, 2.75) is 30.5 Å². The van der Waals surface area contributed by atoms with Crippen LogP contribution in [0.3, 0.4) is 0 Å². The molecule has 4 aromatic rings. The van der Waals surface area contributed by atoms with Gasteiger partial charge >= 0.3 is 0 Å². The molecular formula is C26H26Cl2N6O9S. The zero-order valence-corrected chi connectivity index (χ0v) is 25.3. The van der Waals surface area contributed by atoms with Gasteiger partial charge in [0.1, 0.15) is 18.5 Å². The lowest BCUT2D eigenvalue weighted by molar-refractivity contribution is -0.742. The van der Waals surface area contributed by atoms with Crippen LogP contribution in [0, 0.1) is 20.2 Å². The molecule has 18 heteroatoms. The molecule has 2 N–H and O–H groups in total. The molecule has 0 amide bonds. The van der Waals surface area contributed by atoms with Gasteiger partial charge in [-0.3, -0.25) is 0 Å². The average molecular weight is 670 g/mol. The van der Waals surface area contributed by atoms with Gasteiger partial charge < -0.3 is 29.2 Å². The monoisotopic (exact) mass is 668 g/mol. The first-order valence-electron chi connectivity index (χ1n) is 12.6. The summed E-state index contributed by atoms with van der Waals surface area (Å²) in [5.74, 6) is 0.578. The first-order valence-corrected chi connectivity index (χ1v) is 14.3. The van der Waals surface area contributed by atoms with E-state index in [1.54, 1.807) is 42.6 Å². The van der Waals surface area contributed by atoms with E-state index in [1.807, 2.05) is 47.2 Å². The molecule has 2 aromatic carbocycles. The first kappa shape index (κ1) is 34.3. The molecule has 2 aromatic heterocycles. The molecule has 2 unspecified atom stereocenters. The molecule has 5 rings (SSSR count). The van der Waals surface area contributed by atoms with Crippen LogP contribution in [-0.4, -0.2) is 65.2 Å². The van der Waals surface area contributed by atoms with Crippen LogP contribution in [0.2, 0.25) is 10.0 Å². The van der Waals surface area contributed by atoms with Gasteiger partial charge in [-0.15, -0.1) is 20.2 Å². The molecule has 3 heterocycles. The number of ether oxygens (including phenoxy) is 3. The minimum absolute atomic E-state index is 0.296. The number of thioether (sulfide) groups is 1. The third-order valence-electron chi connectivity index (χ3n) is 5.64. The van der Waals surface area contributed by atoms with Gasteiger partial charge in [0.2, 0.25) is 5.79 Å². The second kappa shape index (κ2) is 16.6. The van der Waals surface area contributed by atoms with E-state index in [0.29, 0.717) is 35.4 Å². The summed E-state index contributed by atoms with van der Waals surface area (Å²) < 4.78 is 20.6. The quantitative estimate of drug-likeness (QED) is 0.0993. The number of nitrogens with zero attached hydrogens (tertiary/aromatic N) is 6. The number of rotatable bonds is 9. The smallest absolute Gasteiger partial charge is 0.291 e. The number of imidazole rings is 1. The van der Waals surface area contributed by atoms with E-state index in [-0.39, 0.29) is 6.10 Å². The molecule has 15 nitrogen and oxygen atoms in total. The highest BCUT2D eigenvalue weighted by molar-refractivity contribution is 7.99. The Kier molecular flexibility index (Phi) is 12.9. The number of hydrogen-bond donors (Lipinski definition) is 2. The molecule has 2 atom stereocenters. The van der Waals surface area contributed by atoms with Gasteiger partial charge in [0.05, 0.1) is 30.2 Å². The normalized spacial score (nSPS) is 17.0. The first-order chi connectivity index (χ1) is 21.0. The summed E-state index contributed by atoms with van der Waals surface area (Å²) in [5.41, 5.74) is 2.59. The van der Waals surface area contributed by atoms with Gasteiger partial charge in [0, 0.05) is 34.7 Å². The fraction of sp³-hybridized carbons (Fsp3) is 0.269. The summed E-state index contributed by atoms with van der Waals surface area (Å²) >= 11 is 14.3. The van der Waals surface area contributed by atoms with E-state index in [2.05, 4.69) is 21.9 Å². The summed E-state index contributed by atoms with van der Waals surface area (Å²) in [7, 11) is 0. The standard InChI is InChI=1S/C26H24Cl2N4O3S.2HNO3/c1-2-36-25-30-10-9-24(31-25)18-3-6-20(7-4-18)33-14-21-15-34-26(35-21,16-32-12-11-29-17-32)22-8-5-19(27)13-23(22)28;2*2-1(3)4/h3-13,17,21H,2,14-16H2,1H3;2*(H,2,3,4). The zero-order chi connectivity index (χ0) is 32.1. The maximum absolute atomic E-state index is 8.36. The molecule has 0 aliphatic carbocycles. The fourth-order valence-electron chi connectivity index (χ4n) is 3.99. The molecule has 0 radical (unpaired) electrons. The second-order valence-corrected chi connectivity index (χ2v) is 10.7. The third-order valence-corrected chi connectivity index (χ3v) is 6.94. The lowest BCUT2D eigenvalue weighted by atomic mass is 10.1. The average Bonchev–Trinajstić information content (AvgIpc) is 3.63. The van der Waals surface area contributed by atoms with Crippen molar-refractivity contribution < 1.29 is 34.8 Å². The highest BCUT2D eigenvalue weighted by Gasteiger charge is 2.45. The second-order valence-electron chi connectivity index (χ2n) is 8.63. The summed E-state index contributed by atoms with van der Waals surface area (Å²) in [6.45, 7) is 3.14. The van der Waals surface area contributed by atoms with Crippen LogP contribution in [-0.2, 0) is 21.8 Å². The van der Waals surface area contributed by atoms with Crippen molar-refractivity contribution in [3.63, 3.8) is 0 Å². The van der Waals surface area contributed by atoms with Crippen molar-refractivity contribution in [3.05, 3.63) is 109 Å². The summed E-state index contributed by atoms with van der Waals surface area (Å²) in [5, 5.41) is 29.1. The predicted molar refractivity (Wildman–Crippen MR) is 158 cm³/mol. The fourth-order valence-corrected chi connectivity index (χ4v) is 5.10. The number of hydrogen-bond acceptors (Lipinski definition) is 11. The van der Waals surface area contributed by atoms with E-state index in [1.165, 1.54) is 0 Å². The minimum Gasteiger partial charge on any atom is -0.491 e. The summed E-state index contributed by atoms with van der Waals surface area (Å²) in [4.78, 5) is 29.8. The predicted octanol–water partition coefficient (Wildman–Crippen LogP) is 5.41. The van der Waals surface area contributed by atoms with Crippen molar-refractivity contribution in [1.82, 2.24) is 19.5 Å². The van der Waals surface area contributed by atoms with E-state index in [0.717, 1.165) is 27.9 Å². The Morgan fingerprint density at radius 3 is 2.43 bits per heavy atom. The molecule has 234 valence electrons. The Hall–Kier alpha value is -4.22. The summed E-state index contributed by atoms with van der Waals surface area (Å²) in [6.07, 6.45) is 6.76. The van der Waals surface area contributed by atoms with Crippen LogP contribution in [0.5, 0.6) is 5.75 Å². The number of halogens is 2. The Morgan fingerprint density at radius 1 is 1.11 bits per heavy atom. The molecule has 1 aliphatic rings. The topological polar surface area (TPSA) is 198 Å². The van der Waals surface area contributed by atoms with Crippen molar-refractivity contribution in [3.8, 4) is 17.0 Å². The Bertz CT molecular complexity index is 1500. The number of aromatic nitrogens is 4. The van der Waals surface area contributed by atoms with E-state index < -0.39 is 16.0 Å². The van der Waals surface area contributed by atoms with E-state index in [4.69, 9.17) is 68.1 Å². The summed E-state index contributed by atoms with van der Waals surface area (Å²) in [6, 6.07) is 15.0. The van der Waals surface area contributed by atoms with Crippen LogP contribution >= 0.6 is 35.0 Å². The molecular weight excluding hydrogens is 643 g/mol. The third kappa shape index (κ3) is 10.5. The van der Waals surface area contributed by atoms with Crippen molar-refractivity contribution >= 4 is 35.0 Å². The SMILES string of the molecule is CCSc1nccc(-c2ccc(OCC3COC(Cn4ccnc4)(c4ccc(Cl)cc4Cl)O3)cc2)n1.O=[N+]([O-])O.O=[N+]([O-])O. The van der Waals surface area contributed by atoms with Crippen LogP contribution in [0.25, 0.3) is 11.3 Å². The molecule has 0 saturated carbocycles. The van der Waals surface area contributed by atoms with Crippen LogP contribution in [0.4, 0.5) is 0 Å². The molecule has 44 heavy (non-hydrogen) atoms. The lowest BCUT2D eigenvalue weighted by Crippen LogP contribution is -2.34. The Labute approximate surface area is 264 Å². The Morgan fingerprint density at radius 2 is 1.82 bits per heavy atom. The van der Waals surface area contributed by atoms with Gasteiger partial charge in [-0.25, -0.2) is 15.0 Å². The van der Waals surface area contributed by atoms with Crippen molar-refractivity contribution in [2.24, 2.45) is 0 Å². The van der Waals surface area contributed by atoms with Gasteiger partial charge in [-0.1, -0.05) is 48.0 Å². The van der Waals surface area contributed by atoms with Gasteiger partial charge in [0.25, 0.3) is 10.2 Å². The van der Waals surface area contributed by atoms with Crippen molar-refractivity contribution in [2.75, 3.05) is 19.0 Å². The molecule has 0 spiro atoms. The Balaban J connectivity index is 0.000000592. The largest absolute Gasteiger partial charge is 0.491 e. The zero-order valence-electron chi connectivity index (χ0n) is 22.9. The lowest BCUT2D eigenvalue weighted by Gasteiger charge is -2.30. The van der Waals surface area contributed by atoms with Crippen molar-refractivity contribution in [1.29, 1.82) is 0 Å². The highest BCUT2D eigenvalue weighted by atomic mass is 35.5. The van der Waals surface area contributed by atoms with Crippen LogP contribution < -0.4 is 4.74 Å². The van der Waals surface area contributed by atoms with Gasteiger partial charge in [0.15, 0.2) is 5.16 Å². The molecule has 1 saturated heterocycles. The van der Waals surface area contributed by atoms with E-state index >= 15 is 0 Å². The van der Waals surface area contributed by atoms with Gasteiger partial charge in [-0.2, -0.15) is 0 Å². The maximum Gasteiger partial charge on any atom is 0.291 e. The molecule has 1 fully saturated rings. The maximum atomic E-state index is 8.36. The van der Waals surface area contributed by atoms with Gasteiger partial charge in [-0.05, 0) is 48.2 Å². The molecule has 0 bridgehead atoms.